The zero-order valence-corrected chi connectivity index (χ0v) is 15.8. The molecule has 138 valence electrons. The molecule has 3 aromatic rings. The Morgan fingerprint density at radius 2 is 1.81 bits per heavy atom. The number of hydrogen-bond donors (Lipinski definition) is 1. The van der Waals surface area contributed by atoms with Gasteiger partial charge in [0.15, 0.2) is 5.82 Å². The largest absolute Gasteiger partial charge is 0.393 e. The second-order valence-corrected chi connectivity index (χ2v) is 6.91. The summed E-state index contributed by atoms with van der Waals surface area (Å²) >= 11 is 0. The van der Waals surface area contributed by atoms with E-state index in [0.29, 0.717) is 0 Å². The molecule has 2 aromatic carbocycles. The Hall–Kier alpha value is -2.78. The van der Waals surface area contributed by atoms with Gasteiger partial charge in [0, 0.05) is 23.5 Å². The average Bonchev–Trinajstić information content (AvgIpc) is 2.68. The molecule has 0 fully saturated rings. The zero-order chi connectivity index (χ0) is 19.1. The van der Waals surface area contributed by atoms with Crippen LogP contribution >= 0.6 is 0 Å². The molecular weight excluding hydrogens is 332 g/mol. The SMILES string of the molecule is C=CCc1ccc2cc(-c3ncc(/C=C/CCCC(C)O)cn3)ccc2c1. The highest BCUT2D eigenvalue weighted by Crippen LogP contribution is 2.23. The van der Waals surface area contributed by atoms with Crippen LogP contribution in [0.15, 0.2) is 67.5 Å². The monoisotopic (exact) mass is 358 g/mol. The molecular formula is C24H26N2O. The molecule has 0 amide bonds. The van der Waals surface area contributed by atoms with E-state index >= 15 is 0 Å². The minimum Gasteiger partial charge on any atom is -0.393 e. The molecule has 0 radical (unpaired) electrons. The van der Waals surface area contributed by atoms with E-state index in [1.54, 1.807) is 0 Å². The Balaban J connectivity index is 1.70. The molecule has 27 heavy (non-hydrogen) atoms. The Morgan fingerprint density at radius 3 is 2.56 bits per heavy atom. The fourth-order valence-electron chi connectivity index (χ4n) is 3.05. The first kappa shape index (κ1) is 19.0. The number of aromatic nitrogens is 2. The molecule has 3 nitrogen and oxygen atoms in total. The molecule has 0 aliphatic rings. The maximum absolute atomic E-state index is 9.26. The van der Waals surface area contributed by atoms with Crippen LogP contribution in [-0.2, 0) is 6.42 Å². The molecule has 1 N–H and O–H groups in total. The van der Waals surface area contributed by atoms with E-state index in [9.17, 15) is 5.11 Å². The van der Waals surface area contributed by atoms with Crippen molar-refractivity contribution in [3.05, 3.63) is 78.6 Å². The van der Waals surface area contributed by atoms with Crippen LogP contribution in [0, 0.1) is 0 Å². The highest BCUT2D eigenvalue weighted by atomic mass is 16.3. The number of fused-ring (bicyclic) bond motifs is 1. The van der Waals surface area contributed by atoms with Crippen molar-refractivity contribution < 1.29 is 5.11 Å². The van der Waals surface area contributed by atoms with Crippen molar-refractivity contribution in [2.75, 3.05) is 0 Å². The Morgan fingerprint density at radius 1 is 1.07 bits per heavy atom. The standard InChI is InChI=1S/C24H26N2O/c1-3-7-19-10-11-22-15-23(13-12-21(22)14-19)24-25-16-20(17-26-24)9-6-4-5-8-18(2)27/h3,6,9-18,27H,1,4-5,7-8H2,2H3/b9-6+. The number of allylic oxidation sites excluding steroid dienone is 2. The summed E-state index contributed by atoms with van der Waals surface area (Å²) in [6.45, 7) is 5.62. The number of benzene rings is 2. The van der Waals surface area contributed by atoms with Gasteiger partial charge in [-0.1, -0.05) is 48.6 Å². The fraction of sp³-hybridized carbons (Fsp3) is 0.250. The topological polar surface area (TPSA) is 46.0 Å². The van der Waals surface area contributed by atoms with Gasteiger partial charge in [0.2, 0.25) is 0 Å². The van der Waals surface area contributed by atoms with Crippen LogP contribution in [0.2, 0.25) is 0 Å². The minimum absolute atomic E-state index is 0.225. The van der Waals surface area contributed by atoms with E-state index in [1.807, 2.05) is 31.5 Å². The van der Waals surface area contributed by atoms with Crippen molar-refractivity contribution >= 4 is 16.8 Å². The second-order valence-electron chi connectivity index (χ2n) is 6.91. The summed E-state index contributed by atoms with van der Waals surface area (Å²) in [5.41, 5.74) is 3.28. The van der Waals surface area contributed by atoms with Crippen LogP contribution in [0.25, 0.3) is 28.2 Å². The highest BCUT2D eigenvalue weighted by Gasteiger charge is 2.03. The van der Waals surface area contributed by atoms with Gasteiger partial charge in [0.05, 0.1) is 6.10 Å². The van der Waals surface area contributed by atoms with Crippen molar-refractivity contribution in [1.82, 2.24) is 9.97 Å². The summed E-state index contributed by atoms with van der Waals surface area (Å²) in [6, 6.07) is 12.8. The van der Waals surface area contributed by atoms with Gasteiger partial charge in [-0.3, -0.25) is 0 Å². The van der Waals surface area contributed by atoms with Crippen LogP contribution in [0.4, 0.5) is 0 Å². The number of rotatable bonds is 8. The summed E-state index contributed by atoms with van der Waals surface area (Å²) in [6.07, 6.45) is 13.2. The Labute approximate surface area is 161 Å². The van der Waals surface area contributed by atoms with Crippen LogP contribution in [0.3, 0.4) is 0 Å². The quantitative estimate of drug-likeness (QED) is 0.422. The van der Waals surface area contributed by atoms with Crippen molar-refractivity contribution in [2.24, 2.45) is 0 Å². The predicted molar refractivity (Wildman–Crippen MR) is 113 cm³/mol. The average molecular weight is 358 g/mol. The van der Waals surface area contributed by atoms with Gasteiger partial charge in [-0.25, -0.2) is 9.97 Å². The van der Waals surface area contributed by atoms with Crippen LogP contribution in [0.1, 0.15) is 37.3 Å². The molecule has 1 heterocycles. The lowest BCUT2D eigenvalue weighted by Crippen LogP contribution is -1.97. The number of hydrogen-bond acceptors (Lipinski definition) is 3. The highest BCUT2D eigenvalue weighted by molar-refractivity contribution is 5.87. The van der Waals surface area contributed by atoms with Gasteiger partial charge < -0.3 is 5.11 Å². The summed E-state index contributed by atoms with van der Waals surface area (Å²) in [5, 5.41) is 11.7. The lowest BCUT2D eigenvalue weighted by molar-refractivity contribution is 0.182. The number of unbranched alkanes of at least 4 members (excludes halogenated alkanes) is 1. The minimum atomic E-state index is -0.225. The molecule has 0 aliphatic heterocycles. The maximum Gasteiger partial charge on any atom is 0.159 e. The first-order chi connectivity index (χ1) is 13.2. The van der Waals surface area contributed by atoms with Crippen LogP contribution in [-0.4, -0.2) is 21.2 Å². The number of aliphatic hydroxyl groups excluding tert-OH is 1. The van der Waals surface area contributed by atoms with E-state index in [-0.39, 0.29) is 6.10 Å². The summed E-state index contributed by atoms with van der Waals surface area (Å²) < 4.78 is 0. The first-order valence-corrected chi connectivity index (χ1v) is 9.46. The lowest BCUT2D eigenvalue weighted by Gasteiger charge is -2.05. The fourth-order valence-corrected chi connectivity index (χ4v) is 3.05. The Bertz CT molecular complexity index is 927. The van der Waals surface area contributed by atoms with Gasteiger partial charge in [-0.2, -0.15) is 0 Å². The number of nitrogens with zero attached hydrogens (tertiary/aromatic N) is 2. The van der Waals surface area contributed by atoms with E-state index in [4.69, 9.17) is 0 Å². The molecule has 0 bridgehead atoms. The van der Waals surface area contributed by atoms with E-state index < -0.39 is 0 Å². The van der Waals surface area contributed by atoms with Crippen molar-refractivity contribution in [3.8, 4) is 11.4 Å². The molecule has 1 unspecified atom stereocenters. The summed E-state index contributed by atoms with van der Waals surface area (Å²) in [4.78, 5) is 9.03. The molecule has 3 heteroatoms. The van der Waals surface area contributed by atoms with Gasteiger partial charge in [0.1, 0.15) is 0 Å². The van der Waals surface area contributed by atoms with Gasteiger partial charge in [-0.05, 0) is 55.0 Å². The third kappa shape index (κ3) is 5.35. The van der Waals surface area contributed by atoms with E-state index in [2.05, 4.69) is 59.0 Å². The smallest absolute Gasteiger partial charge is 0.159 e. The van der Waals surface area contributed by atoms with Crippen molar-refractivity contribution in [2.45, 2.75) is 38.7 Å². The first-order valence-electron chi connectivity index (χ1n) is 9.46. The molecule has 0 saturated heterocycles. The van der Waals surface area contributed by atoms with Crippen LogP contribution < -0.4 is 0 Å². The predicted octanol–water partition coefficient (Wildman–Crippen LogP) is 5.59. The lowest BCUT2D eigenvalue weighted by atomic mass is 10.0. The molecule has 0 spiro atoms. The van der Waals surface area contributed by atoms with E-state index in [0.717, 1.165) is 42.6 Å². The molecule has 0 aliphatic carbocycles. The van der Waals surface area contributed by atoms with Gasteiger partial charge in [0.25, 0.3) is 0 Å². The maximum atomic E-state index is 9.26. The molecule has 1 aromatic heterocycles. The molecule has 3 rings (SSSR count). The van der Waals surface area contributed by atoms with Crippen molar-refractivity contribution in [3.63, 3.8) is 0 Å². The molecule has 0 saturated carbocycles. The third-order valence-electron chi connectivity index (χ3n) is 4.52. The van der Waals surface area contributed by atoms with Crippen molar-refractivity contribution in [1.29, 1.82) is 0 Å². The summed E-state index contributed by atoms with van der Waals surface area (Å²) in [5.74, 6) is 0.735. The summed E-state index contributed by atoms with van der Waals surface area (Å²) in [7, 11) is 0. The molecule has 1 atom stereocenters. The van der Waals surface area contributed by atoms with Gasteiger partial charge in [-0.15, -0.1) is 6.58 Å². The van der Waals surface area contributed by atoms with Gasteiger partial charge >= 0.3 is 0 Å². The normalized spacial score (nSPS) is 12.5. The van der Waals surface area contributed by atoms with Crippen LogP contribution in [0.5, 0.6) is 0 Å². The second kappa shape index (κ2) is 9.24. The zero-order valence-electron chi connectivity index (χ0n) is 15.8. The third-order valence-corrected chi connectivity index (χ3v) is 4.52. The Kier molecular flexibility index (Phi) is 6.50. The number of aliphatic hydroxyl groups is 1. The van der Waals surface area contributed by atoms with E-state index in [1.165, 1.54) is 16.3 Å².